The van der Waals surface area contributed by atoms with Crippen LogP contribution in [0.25, 0.3) is 0 Å². The van der Waals surface area contributed by atoms with Crippen LogP contribution < -0.4 is 5.59 Å². The van der Waals surface area contributed by atoms with Gasteiger partial charge in [0.15, 0.2) is 5.78 Å². The van der Waals surface area contributed by atoms with Gasteiger partial charge in [-0.05, 0) is 23.0 Å². The van der Waals surface area contributed by atoms with Gasteiger partial charge in [0.25, 0.3) is 0 Å². The maximum atomic E-state index is 12.0. The summed E-state index contributed by atoms with van der Waals surface area (Å²) in [5.74, 6) is -0.940. The predicted molar refractivity (Wildman–Crippen MR) is 67.5 cm³/mol. The molecule has 0 bridgehead atoms. The molecule has 0 aliphatic carbocycles. The second kappa shape index (κ2) is 4.36. The topological polar surface area (TPSA) is 81.6 Å². The fourth-order valence-corrected chi connectivity index (χ4v) is 2.64. The summed E-state index contributed by atoms with van der Waals surface area (Å²) in [6, 6.07) is 0. The van der Waals surface area contributed by atoms with Gasteiger partial charge < -0.3 is 9.31 Å². The van der Waals surface area contributed by atoms with Gasteiger partial charge in [0.1, 0.15) is 11.9 Å². The molecule has 1 atom stereocenters. The molecule has 0 amide bonds. The highest BCUT2D eigenvalue weighted by Crippen LogP contribution is 2.29. The number of likely N-dealkylation sites (tertiary alicyclic amines) is 1. The van der Waals surface area contributed by atoms with Gasteiger partial charge in [-0.15, -0.1) is 0 Å². The van der Waals surface area contributed by atoms with Crippen molar-refractivity contribution in [1.82, 2.24) is 14.9 Å². The van der Waals surface area contributed by atoms with E-state index >= 15 is 0 Å². The van der Waals surface area contributed by atoms with Crippen LogP contribution in [0.2, 0.25) is 0 Å². The molecule has 2 saturated heterocycles. The minimum atomic E-state index is -1.51. The van der Waals surface area contributed by atoms with Crippen molar-refractivity contribution >= 4 is 40.4 Å². The van der Waals surface area contributed by atoms with Gasteiger partial charge in [-0.3, -0.25) is 14.5 Å². The van der Waals surface area contributed by atoms with Crippen LogP contribution in [-0.2, 0) is 18.9 Å². The average molecular weight is 326 g/mol. The molecule has 98 valence electrons. The van der Waals surface area contributed by atoms with Crippen molar-refractivity contribution in [2.45, 2.75) is 5.60 Å². The SMILES string of the molecule is CN1CC(=O)C2(C1)OB(c1ncncc1Br)OC2=O. The number of carbonyl (C=O) groups excluding carboxylic acids is 2. The lowest BCUT2D eigenvalue weighted by Crippen LogP contribution is -2.46. The third-order valence-electron chi connectivity index (χ3n) is 3.13. The molecular formula is C10H9BBrN3O4. The molecule has 1 aromatic heterocycles. The zero-order valence-electron chi connectivity index (χ0n) is 10.00. The predicted octanol–water partition coefficient (Wildman–Crippen LogP) is -1.24. The highest BCUT2D eigenvalue weighted by molar-refractivity contribution is 9.10. The number of nitrogens with zero attached hydrogens (tertiary/aromatic N) is 3. The van der Waals surface area contributed by atoms with Crippen LogP contribution in [0.3, 0.4) is 0 Å². The second-order valence-electron chi connectivity index (χ2n) is 4.53. The largest absolute Gasteiger partial charge is 0.587 e. The zero-order chi connectivity index (χ0) is 13.6. The molecule has 1 spiro atoms. The Kier molecular flexibility index (Phi) is 2.92. The molecule has 0 saturated carbocycles. The summed E-state index contributed by atoms with van der Waals surface area (Å²) in [4.78, 5) is 33.5. The van der Waals surface area contributed by atoms with Crippen LogP contribution in [-0.4, -0.2) is 59.5 Å². The summed E-state index contributed by atoms with van der Waals surface area (Å²) >= 11 is 3.26. The van der Waals surface area contributed by atoms with E-state index in [1.54, 1.807) is 11.9 Å². The summed E-state index contributed by atoms with van der Waals surface area (Å²) in [6.07, 6.45) is 2.85. The number of rotatable bonds is 1. The van der Waals surface area contributed by atoms with Gasteiger partial charge in [0.05, 0.1) is 11.0 Å². The number of hydrogen-bond acceptors (Lipinski definition) is 7. The van der Waals surface area contributed by atoms with Crippen LogP contribution in [0, 0.1) is 0 Å². The first-order chi connectivity index (χ1) is 9.03. The number of ketones is 1. The first-order valence-electron chi connectivity index (χ1n) is 5.59. The number of carbonyl (C=O) groups is 2. The summed E-state index contributed by atoms with van der Waals surface area (Å²) in [5, 5.41) is 0. The highest BCUT2D eigenvalue weighted by atomic mass is 79.9. The highest BCUT2D eigenvalue weighted by Gasteiger charge is 2.62. The van der Waals surface area contributed by atoms with Crippen molar-refractivity contribution in [1.29, 1.82) is 0 Å². The monoisotopic (exact) mass is 325 g/mol. The Morgan fingerprint density at radius 2 is 2.32 bits per heavy atom. The number of halogens is 1. The summed E-state index contributed by atoms with van der Waals surface area (Å²) < 4.78 is 11.3. The van der Waals surface area contributed by atoms with Gasteiger partial charge in [0, 0.05) is 12.7 Å². The maximum Gasteiger partial charge on any atom is 0.587 e. The van der Waals surface area contributed by atoms with E-state index in [9.17, 15) is 9.59 Å². The molecule has 2 aliphatic heterocycles. The number of hydrogen-bond donors (Lipinski definition) is 0. The molecule has 0 aromatic carbocycles. The first kappa shape index (κ1) is 12.7. The molecule has 2 aliphatic rings. The molecule has 19 heavy (non-hydrogen) atoms. The summed E-state index contributed by atoms with van der Waals surface area (Å²) in [7, 11) is 0.761. The van der Waals surface area contributed by atoms with E-state index in [1.165, 1.54) is 12.5 Å². The van der Waals surface area contributed by atoms with E-state index in [-0.39, 0.29) is 18.9 Å². The molecule has 3 rings (SSSR count). The van der Waals surface area contributed by atoms with Gasteiger partial charge >= 0.3 is 13.1 Å². The number of Topliss-reactive ketones (excluding diaryl/α,β-unsaturated/α-hetero) is 1. The lowest BCUT2D eigenvalue weighted by atomic mass is 9.84. The van der Waals surface area contributed by atoms with Crippen LogP contribution in [0.4, 0.5) is 0 Å². The van der Waals surface area contributed by atoms with E-state index in [0.29, 0.717) is 10.1 Å². The zero-order valence-corrected chi connectivity index (χ0v) is 11.6. The molecule has 3 heterocycles. The Balaban J connectivity index is 1.93. The Bertz CT molecular complexity index is 571. The normalized spacial score (nSPS) is 27.4. The van der Waals surface area contributed by atoms with E-state index < -0.39 is 18.7 Å². The van der Waals surface area contributed by atoms with E-state index in [0.717, 1.165) is 0 Å². The summed E-state index contributed by atoms with van der Waals surface area (Å²) in [6.45, 7) is 0.372. The Morgan fingerprint density at radius 1 is 1.53 bits per heavy atom. The van der Waals surface area contributed by atoms with E-state index in [1.807, 2.05) is 0 Å². The third-order valence-corrected chi connectivity index (χ3v) is 3.74. The lowest BCUT2D eigenvalue weighted by molar-refractivity contribution is -0.148. The standard InChI is InChI=1S/C10H9BBrN3O4/c1-15-3-7(16)10(4-15)9(17)18-11(19-10)8-6(12)2-13-5-14-8/h2,5H,3-4H2,1H3. The summed E-state index contributed by atoms with van der Waals surface area (Å²) in [5.41, 5.74) is -1.12. The Hall–Kier alpha value is -1.32. The molecule has 2 fully saturated rings. The fourth-order valence-electron chi connectivity index (χ4n) is 2.23. The molecule has 0 N–H and O–H groups in total. The molecule has 9 heteroatoms. The third kappa shape index (κ3) is 1.89. The van der Waals surface area contributed by atoms with Crippen LogP contribution in [0.1, 0.15) is 0 Å². The molecule has 1 unspecified atom stereocenters. The van der Waals surface area contributed by atoms with Gasteiger partial charge in [-0.1, -0.05) is 0 Å². The van der Waals surface area contributed by atoms with Crippen molar-refractivity contribution in [2.75, 3.05) is 20.1 Å². The van der Waals surface area contributed by atoms with Gasteiger partial charge in [-0.25, -0.2) is 9.97 Å². The van der Waals surface area contributed by atoms with Crippen LogP contribution >= 0.6 is 15.9 Å². The minimum absolute atomic E-state index is 0.173. The Morgan fingerprint density at radius 3 is 2.95 bits per heavy atom. The minimum Gasteiger partial charge on any atom is -0.502 e. The number of likely N-dealkylation sites (N-methyl/N-ethyl adjacent to an activating group) is 1. The van der Waals surface area contributed by atoms with E-state index in [2.05, 4.69) is 25.9 Å². The van der Waals surface area contributed by atoms with Crippen LogP contribution in [0.5, 0.6) is 0 Å². The smallest absolute Gasteiger partial charge is 0.502 e. The van der Waals surface area contributed by atoms with Crippen molar-refractivity contribution in [3.8, 4) is 0 Å². The maximum absolute atomic E-state index is 12.0. The molecular weight excluding hydrogens is 317 g/mol. The van der Waals surface area contributed by atoms with E-state index in [4.69, 9.17) is 9.31 Å². The van der Waals surface area contributed by atoms with Gasteiger partial charge in [0.2, 0.25) is 5.60 Å². The molecule has 0 radical (unpaired) electrons. The van der Waals surface area contributed by atoms with Crippen molar-refractivity contribution in [2.24, 2.45) is 0 Å². The second-order valence-corrected chi connectivity index (χ2v) is 5.39. The van der Waals surface area contributed by atoms with Crippen molar-refractivity contribution < 1.29 is 18.9 Å². The molecule has 1 aromatic rings. The Labute approximate surface area is 117 Å². The molecule has 7 nitrogen and oxygen atoms in total. The number of aromatic nitrogens is 2. The van der Waals surface area contributed by atoms with Gasteiger partial charge in [-0.2, -0.15) is 0 Å². The van der Waals surface area contributed by atoms with Crippen molar-refractivity contribution in [3.05, 3.63) is 17.0 Å². The van der Waals surface area contributed by atoms with Crippen molar-refractivity contribution in [3.63, 3.8) is 0 Å². The fraction of sp³-hybridized carbons (Fsp3) is 0.400. The average Bonchev–Trinajstić information content (AvgIpc) is 2.82. The quantitative estimate of drug-likeness (QED) is 0.472. The van der Waals surface area contributed by atoms with Crippen LogP contribution in [0.15, 0.2) is 17.0 Å². The first-order valence-corrected chi connectivity index (χ1v) is 6.38. The lowest BCUT2D eigenvalue weighted by Gasteiger charge is -2.16.